The lowest BCUT2D eigenvalue weighted by molar-refractivity contribution is -0.150. The summed E-state index contributed by atoms with van der Waals surface area (Å²) < 4.78 is 44.5. The SMILES string of the molecule is CC[C@H](c1ccnc(NC(=O)[C@H](NC(=O)c2nonc2C2CC2)C2CCC(C)CC2)c1)N1C[C@@H](C(F)(F)F)NC1=O. The summed E-state index contributed by atoms with van der Waals surface area (Å²) in [5.74, 6) is -0.278. The topological polar surface area (TPSA) is 142 Å². The van der Waals surface area contributed by atoms with E-state index >= 15 is 0 Å². The largest absolute Gasteiger partial charge is 0.410 e. The average molecular weight is 578 g/mol. The van der Waals surface area contributed by atoms with Crippen LogP contribution in [0.15, 0.2) is 23.0 Å². The molecule has 3 fully saturated rings. The first kappa shape index (κ1) is 28.8. The molecule has 2 aliphatic carbocycles. The van der Waals surface area contributed by atoms with Gasteiger partial charge in [0.15, 0.2) is 5.69 Å². The first-order valence-corrected chi connectivity index (χ1v) is 14.1. The molecule has 0 spiro atoms. The number of hydrogen-bond acceptors (Lipinski definition) is 7. The van der Waals surface area contributed by atoms with Crippen LogP contribution in [0.25, 0.3) is 0 Å². The van der Waals surface area contributed by atoms with Gasteiger partial charge in [0.05, 0.1) is 12.6 Å². The van der Waals surface area contributed by atoms with E-state index in [1.54, 1.807) is 19.1 Å². The summed E-state index contributed by atoms with van der Waals surface area (Å²) in [5, 5.41) is 15.3. The minimum Gasteiger partial charge on any atom is -0.338 e. The molecule has 0 radical (unpaired) electrons. The van der Waals surface area contributed by atoms with Gasteiger partial charge in [0.25, 0.3) is 5.91 Å². The standard InChI is InChI=1S/C27H34F3N7O4/c1-3-18(37-13-19(27(28,29)30)32-26(37)40)17-10-11-31-20(12-17)33-24(38)22(16-6-4-14(2)5-7-16)34-25(39)23-21(15-8-9-15)35-41-36-23/h10-12,14-16,18-19,22H,3-9,13H2,1-2H3,(H,32,40)(H,34,39)(H,31,33,38)/t14?,16?,18-,19+,22-/m1/s1. The van der Waals surface area contributed by atoms with Gasteiger partial charge in [-0.2, -0.15) is 13.2 Å². The van der Waals surface area contributed by atoms with Crippen molar-refractivity contribution in [3.05, 3.63) is 35.3 Å². The number of hydrogen-bond donors (Lipinski definition) is 3. The highest BCUT2D eigenvalue weighted by atomic mass is 19.4. The van der Waals surface area contributed by atoms with Crippen LogP contribution in [0.1, 0.15) is 92.5 Å². The number of urea groups is 1. The molecular formula is C27H34F3N7O4. The van der Waals surface area contributed by atoms with Crippen LogP contribution < -0.4 is 16.0 Å². The third-order valence-electron chi connectivity index (χ3n) is 8.31. The summed E-state index contributed by atoms with van der Waals surface area (Å²) in [4.78, 5) is 44.6. The molecule has 14 heteroatoms. The van der Waals surface area contributed by atoms with E-state index in [0.29, 0.717) is 23.6 Å². The van der Waals surface area contributed by atoms with Crippen LogP contribution in [0.5, 0.6) is 0 Å². The highest BCUT2D eigenvalue weighted by Gasteiger charge is 2.48. The van der Waals surface area contributed by atoms with Crippen LogP contribution in [-0.2, 0) is 4.79 Å². The molecule has 5 rings (SSSR count). The summed E-state index contributed by atoms with van der Waals surface area (Å²) >= 11 is 0. The smallest absolute Gasteiger partial charge is 0.338 e. The number of pyridine rings is 1. The molecule has 0 aromatic carbocycles. The molecule has 3 atom stereocenters. The zero-order valence-electron chi connectivity index (χ0n) is 22.9. The number of nitrogens with zero attached hydrogens (tertiary/aromatic N) is 4. The predicted octanol–water partition coefficient (Wildman–Crippen LogP) is 4.31. The number of halogens is 3. The van der Waals surface area contributed by atoms with Crippen molar-refractivity contribution in [3.63, 3.8) is 0 Å². The Morgan fingerprint density at radius 2 is 1.90 bits per heavy atom. The molecule has 1 aliphatic heterocycles. The van der Waals surface area contributed by atoms with Crippen LogP contribution in [0.3, 0.4) is 0 Å². The van der Waals surface area contributed by atoms with Crippen LogP contribution in [0.2, 0.25) is 0 Å². The van der Waals surface area contributed by atoms with Gasteiger partial charge in [-0.1, -0.05) is 31.8 Å². The molecule has 3 aliphatic rings. The van der Waals surface area contributed by atoms with Gasteiger partial charge in [-0.3, -0.25) is 9.59 Å². The van der Waals surface area contributed by atoms with Crippen LogP contribution in [0, 0.1) is 11.8 Å². The Balaban J connectivity index is 1.33. The summed E-state index contributed by atoms with van der Waals surface area (Å²) in [6.07, 6.45) is 2.37. The Bertz CT molecular complexity index is 1270. The Kier molecular flexibility index (Phi) is 8.18. The van der Waals surface area contributed by atoms with Crippen molar-refractivity contribution >= 4 is 23.7 Å². The zero-order valence-corrected chi connectivity index (χ0v) is 22.9. The van der Waals surface area contributed by atoms with Crippen molar-refractivity contribution in [2.45, 2.75) is 89.0 Å². The lowest BCUT2D eigenvalue weighted by Crippen LogP contribution is -2.49. The minimum absolute atomic E-state index is 0.0847. The fourth-order valence-corrected chi connectivity index (χ4v) is 5.78. The van der Waals surface area contributed by atoms with Crippen LogP contribution in [0.4, 0.5) is 23.8 Å². The summed E-state index contributed by atoms with van der Waals surface area (Å²) in [7, 11) is 0. The van der Waals surface area contributed by atoms with Gasteiger partial charge in [-0.05, 0) is 66.8 Å². The maximum absolute atomic E-state index is 13.6. The predicted molar refractivity (Wildman–Crippen MR) is 140 cm³/mol. The molecule has 11 nitrogen and oxygen atoms in total. The van der Waals surface area contributed by atoms with Crippen molar-refractivity contribution < 1.29 is 32.2 Å². The van der Waals surface area contributed by atoms with Gasteiger partial charge in [-0.15, -0.1) is 0 Å². The highest BCUT2D eigenvalue weighted by Crippen LogP contribution is 2.40. The fourth-order valence-electron chi connectivity index (χ4n) is 5.78. The maximum atomic E-state index is 13.6. The van der Waals surface area contributed by atoms with E-state index in [9.17, 15) is 27.6 Å². The summed E-state index contributed by atoms with van der Waals surface area (Å²) in [5.41, 5.74) is 1.12. The summed E-state index contributed by atoms with van der Waals surface area (Å²) in [6.45, 7) is 3.41. The molecular weight excluding hydrogens is 543 g/mol. The monoisotopic (exact) mass is 577 g/mol. The molecule has 2 saturated carbocycles. The van der Waals surface area contributed by atoms with Crippen molar-refractivity contribution in [3.8, 4) is 0 Å². The molecule has 4 amide bonds. The molecule has 3 heterocycles. The first-order chi connectivity index (χ1) is 19.5. The van der Waals surface area contributed by atoms with Crippen molar-refractivity contribution in [1.82, 2.24) is 30.8 Å². The minimum atomic E-state index is -4.56. The third kappa shape index (κ3) is 6.46. The lowest BCUT2D eigenvalue weighted by atomic mass is 9.79. The van der Waals surface area contributed by atoms with E-state index < -0.39 is 48.7 Å². The Morgan fingerprint density at radius 1 is 1.17 bits per heavy atom. The number of alkyl halides is 3. The normalized spacial score (nSPS) is 24.5. The van der Waals surface area contributed by atoms with Gasteiger partial charge < -0.3 is 20.9 Å². The molecule has 2 aromatic rings. The number of anilines is 1. The van der Waals surface area contributed by atoms with Crippen molar-refractivity contribution in [1.29, 1.82) is 0 Å². The van der Waals surface area contributed by atoms with Crippen LogP contribution in [-0.4, -0.2) is 62.8 Å². The van der Waals surface area contributed by atoms with Gasteiger partial charge in [0, 0.05) is 12.1 Å². The molecule has 41 heavy (non-hydrogen) atoms. The Morgan fingerprint density at radius 3 is 2.54 bits per heavy atom. The average Bonchev–Trinajstić information content (AvgIpc) is 3.52. The van der Waals surface area contributed by atoms with Gasteiger partial charge >= 0.3 is 12.2 Å². The van der Waals surface area contributed by atoms with E-state index in [1.807, 2.05) is 5.32 Å². The number of rotatable bonds is 9. The van der Waals surface area contributed by atoms with Gasteiger partial charge in [-0.25, -0.2) is 14.4 Å². The lowest BCUT2D eigenvalue weighted by Gasteiger charge is -2.32. The molecule has 222 valence electrons. The van der Waals surface area contributed by atoms with Crippen LogP contribution >= 0.6 is 0 Å². The number of aromatic nitrogens is 3. The second-order valence-electron chi connectivity index (χ2n) is 11.3. The quantitative estimate of drug-likeness (QED) is 0.403. The maximum Gasteiger partial charge on any atom is 0.410 e. The molecule has 0 unspecified atom stereocenters. The van der Waals surface area contributed by atoms with E-state index in [4.69, 9.17) is 4.63 Å². The van der Waals surface area contributed by atoms with Gasteiger partial charge in [0.2, 0.25) is 5.91 Å². The Hall–Kier alpha value is -3.71. The first-order valence-electron chi connectivity index (χ1n) is 14.1. The highest BCUT2D eigenvalue weighted by molar-refractivity contribution is 6.00. The molecule has 1 saturated heterocycles. The Labute approximate surface area is 235 Å². The number of carbonyl (C=O) groups excluding carboxylic acids is 3. The van der Waals surface area contributed by atoms with E-state index in [2.05, 4.69) is 32.9 Å². The number of amides is 4. The van der Waals surface area contributed by atoms with E-state index in [-0.39, 0.29) is 23.3 Å². The third-order valence-corrected chi connectivity index (χ3v) is 8.31. The molecule has 0 bridgehead atoms. The second-order valence-corrected chi connectivity index (χ2v) is 11.3. The molecule has 2 aromatic heterocycles. The number of nitrogens with one attached hydrogen (secondary N) is 3. The van der Waals surface area contributed by atoms with Gasteiger partial charge in [0.1, 0.15) is 23.6 Å². The second kappa shape index (κ2) is 11.6. The summed E-state index contributed by atoms with van der Waals surface area (Å²) in [6, 6.07) is -1.12. The van der Waals surface area contributed by atoms with Crippen molar-refractivity contribution in [2.24, 2.45) is 11.8 Å². The zero-order chi connectivity index (χ0) is 29.3. The number of carbonyl (C=O) groups is 3. The fraction of sp³-hybridized carbons (Fsp3) is 0.630. The van der Waals surface area contributed by atoms with E-state index in [1.165, 1.54) is 6.20 Å². The van der Waals surface area contributed by atoms with E-state index in [0.717, 1.165) is 43.4 Å². The molecule has 3 N–H and O–H groups in total. The van der Waals surface area contributed by atoms with Crippen molar-refractivity contribution in [2.75, 3.05) is 11.9 Å².